The molecule has 0 saturated carbocycles. The van der Waals surface area contributed by atoms with Crippen LogP contribution in [0.25, 0.3) is 6.08 Å². The summed E-state index contributed by atoms with van der Waals surface area (Å²) in [4.78, 5) is 25.7. The van der Waals surface area contributed by atoms with Gasteiger partial charge in [0.1, 0.15) is 133 Å². The quantitative estimate of drug-likeness (QED) is 0.0292. The SMILES string of the molecule is C[C@H]1O[C@@H](OC[C@H]2O[C@@H](OC3=Cc4c(O)cc(O[C@@H]5O[C@@H](COC(=O)c6ccc(O[C@@H]7O[C@H](COC(=O)c8ccc(O)cc8)[C@@H](O)[C@H](O)[C@H]7O)cc6)[C@@H](O)[C@H](O)[C@H]5O)cc4[OH+]C3c3cc(O)c(O)c(O)c3)[C@H](O)[C@H](O)[C@@H]2O)[C@@H](O)[C@H](O)[C@H]1O. The smallest absolute Gasteiger partial charge is 0.338 e. The van der Waals surface area contributed by atoms with E-state index in [1.165, 1.54) is 67.6 Å². The number of carbonyl (C=O) groups excluding carboxylic acids is 2. The third kappa shape index (κ3) is 12.9. The number of carbonyl (C=O) groups is 2. The number of hydrogen-bond acceptors (Lipinski definition) is 29. The van der Waals surface area contributed by atoms with Crippen molar-refractivity contribution < 1.29 is 149 Å². The summed E-state index contributed by atoms with van der Waals surface area (Å²) < 4.78 is 60.8. The first kappa shape index (κ1) is 60.7. The van der Waals surface area contributed by atoms with E-state index in [-0.39, 0.29) is 51.0 Å². The lowest BCUT2D eigenvalue weighted by Gasteiger charge is -2.42. The molecule has 5 aliphatic rings. The molecule has 30 heteroatoms. The minimum absolute atomic E-state index is 0.0135. The van der Waals surface area contributed by atoms with Crippen molar-refractivity contribution in [2.75, 3.05) is 19.8 Å². The number of rotatable bonds is 16. The van der Waals surface area contributed by atoms with Crippen LogP contribution in [0.4, 0.5) is 0 Å². The Balaban J connectivity index is 0.851. The molecule has 21 atom stereocenters. The predicted octanol–water partition coefficient (Wildman–Crippen LogP) is -3.69. The average Bonchev–Trinajstić information content (AvgIpc) is 3.65. The number of fused-ring (bicyclic) bond motifs is 1. The molecule has 18 N–H and O–H groups in total. The zero-order chi connectivity index (χ0) is 59.9. The van der Waals surface area contributed by atoms with Crippen molar-refractivity contribution in [1.29, 1.82) is 0 Å². The van der Waals surface area contributed by atoms with Gasteiger partial charge in [-0.15, -0.1) is 0 Å². The van der Waals surface area contributed by atoms with Crippen LogP contribution in [0.1, 0.15) is 44.9 Å². The monoisotopic (exact) mass is 1180 g/mol. The summed E-state index contributed by atoms with van der Waals surface area (Å²) >= 11 is 0. The number of esters is 2. The van der Waals surface area contributed by atoms with Crippen LogP contribution < -0.4 is 9.47 Å². The first-order chi connectivity index (χ1) is 39.4. The van der Waals surface area contributed by atoms with Crippen molar-refractivity contribution in [2.45, 2.75) is 136 Å². The van der Waals surface area contributed by atoms with Crippen molar-refractivity contribution in [3.8, 4) is 46.0 Å². The standard InChI is InChI=1S/C53H60O30/c1-18-34(58)39(63)43(67)50(76-18)75-17-33-38(62)42(66)46(70)53(83-33)80-30-14-25-26(55)12-24(13-29(25)79-47(30)21-10-27(56)35(59)28(57)11-21)78-52-45(69)41(65)37(61)32(82-52)16-74-49(72)20-4-8-23(9-5-20)77-51-44(68)40(64)36(60)31(81-51)15-73-48(71)19-2-6-22(54)7-3-19/h2-14,18,31-34,36-47,50-70H,15-17H2,1H3/p+1/t18-,31-,32+,33-,34+,36-,37-,38-,39-,40+,41+,42-,43+,44-,45-,46-,47?,50-,51-,52-,53-/m1/s1. The van der Waals surface area contributed by atoms with Gasteiger partial charge >= 0.3 is 11.9 Å². The molecule has 0 aliphatic carbocycles. The highest BCUT2D eigenvalue weighted by Crippen LogP contribution is 2.48. The first-order valence-corrected chi connectivity index (χ1v) is 25.6. The maximum absolute atomic E-state index is 13.2. The van der Waals surface area contributed by atoms with Crippen LogP contribution in [0.5, 0.6) is 46.0 Å². The van der Waals surface area contributed by atoms with Crippen LogP contribution in [-0.2, 0) is 37.9 Å². The Morgan fingerprint density at radius 1 is 0.470 bits per heavy atom. The number of ether oxygens (including phenoxy) is 11. The van der Waals surface area contributed by atoms with E-state index in [0.29, 0.717) is 0 Å². The van der Waals surface area contributed by atoms with Gasteiger partial charge in [0.25, 0.3) is 11.9 Å². The molecule has 5 aliphatic heterocycles. The van der Waals surface area contributed by atoms with Gasteiger partial charge in [-0.3, -0.25) is 0 Å². The molecule has 0 spiro atoms. The van der Waals surface area contributed by atoms with Crippen LogP contribution >= 0.6 is 0 Å². The molecule has 0 aromatic heterocycles. The Morgan fingerprint density at radius 3 is 1.43 bits per heavy atom. The number of aromatic hydroxyl groups is 6. The fourth-order valence-electron chi connectivity index (χ4n) is 9.41. The van der Waals surface area contributed by atoms with Crippen LogP contribution in [0, 0.1) is 0 Å². The number of aliphatic hydroxyl groups excluding tert-OH is 12. The summed E-state index contributed by atoms with van der Waals surface area (Å²) in [5.41, 5.74) is -0.229. The lowest BCUT2D eigenvalue weighted by molar-refractivity contribution is -0.325. The minimum atomic E-state index is -2.00. The maximum Gasteiger partial charge on any atom is 0.338 e. The molecule has 9 rings (SSSR count). The molecule has 5 heterocycles. The van der Waals surface area contributed by atoms with E-state index in [1.54, 1.807) is 0 Å². The van der Waals surface area contributed by atoms with Crippen LogP contribution in [0.2, 0.25) is 0 Å². The zero-order valence-electron chi connectivity index (χ0n) is 43.2. The van der Waals surface area contributed by atoms with E-state index in [4.69, 9.17) is 47.4 Å². The Kier molecular flexibility index (Phi) is 18.4. The van der Waals surface area contributed by atoms with Gasteiger partial charge in [0.15, 0.2) is 29.3 Å². The summed E-state index contributed by atoms with van der Waals surface area (Å²) in [5.74, 6) is -5.81. The molecule has 4 aromatic rings. The largest absolute Gasteiger partial charge is 0.571 e. The number of phenols is 5. The molecule has 4 fully saturated rings. The molecule has 0 amide bonds. The maximum atomic E-state index is 13.2. The molecule has 0 bridgehead atoms. The van der Waals surface area contributed by atoms with Crippen molar-refractivity contribution in [1.82, 2.24) is 0 Å². The second-order valence-electron chi connectivity index (χ2n) is 20.0. The minimum Gasteiger partial charge on any atom is -0.571 e. The van der Waals surface area contributed by atoms with E-state index < -0.39 is 184 Å². The molecule has 4 saturated heterocycles. The lowest BCUT2D eigenvalue weighted by Crippen LogP contribution is -2.61. The van der Waals surface area contributed by atoms with Crippen molar-refractivity contribution >= 4 is 18.0 Å². The van der Waals surface area contributed by atoms with Gasteiger partial charge in [-0.2, -0.15) is 0 Å². The highest BCUT2D eigenvalue weighted by Gasteiger charge is 2.51. The van der Waals surface area contributed by atoms with Crippen LogP contribution in [0.15, 0.2) is 78.6 Å². The van der Waals surface area contributed by atoms with Crippen LogP contribution in [0.3, 0.4) is 0 Å². The fourth-order valence-corrected chi connectivity index (χ4v) is 9.41. The predicted molar refractivity (Wildman–Crippen MR) is 268 cm³/mol. The first-order valence-electron chi connectivity index (χ1n) is 25.6. The highest BCUT2D eigenvalue weighted by atomic mass is 16.7. The van der Waals surface area contributed by atoms with Gasteiger partial charge in [-0.05, 0) is 67.6 Å². The molecular weight excluding hydrogens is 1120 g/mol. The summed E-state index contributed by atoms with van der Waals surface area (Å²) in [7, 11) is 0. The lowest BCUT2D eigenvalue weighted by atomic mass is 9.98. The number of aliphatic hydroxyl groups is 13. The third-order valence-electron chi connectivity index (χ3n) is 14.3. The van der Waals surface area contributed by atoms with E-state index >= 15 is 0 Å². The van der Waals surface area contributed by atoms with E-state index in [9.17, 15) is 96.4 Å². The molecule has 30 nitrogen and oxygen atoms in total. The fraction of sp³-hybridized carbons (Fsp3) is 0.472. The van der Waals surface area contributed by atoms with Gasteiger partial charge < -0.3 is 139 Å². The molecule has 1 unspecified atom stereocenters. The summed E-state index contributed by atoms with van der Waals surface area (Å²) in [6.07, 6.45) is -34.5. The normalized spacial score (nSPS) is 35.2. The second-order valence-corrected chi connectivity index (χ2v) is 20.0. The zero-order valence-corrected chi connectivity index (χ0v) is 43.2. The topological polar surface area (TPSA) is 483 Å². The van der Waals surface area contributed by atoms with E-state index in [2.05, 4.69) is 4.74 Å². The molecule has 4 aromatic carbocycles. The van der Waals surface area contributed by atoms with Gasteiger partial charge in [-0.1, -0.05) is 0 Å². The number of phenolic OH excluding ortho intramolecular Hbond substituents is 5. The number of benzene rings is 4. The van der Waals surface area contributed by atoms with Gasteiger partial charge in [-0.25, -0.2) is 9.59 Å². The summed E-state index contributed by atoms with van der Waals surface area (Å²) in [5, 5.41) is 180. The Morgan fingerprint density at radius 2 is 0.916 bits per heavy atom. The van der Waals surface area contributed by atoms with E-state index in [1.807, 2.05) is 0 Å². The molecule has 452 valence electrons. The Hall–Kier alpha value is -6.92. The van der Waals surface area contributed by atoms with E-state index in [0.717, 1.165) is 18.2 Å². The Labute approximate surface area is 468 Å². The van der Waals surface area contributed by atoms with Crippen molar-refractivity contribution in [3.63, 3.8) is 0 Å². The van der Waals surface area contributed by atoms with Gasteiger partial charge in [0.2, 0.25) is 18.9 Å². The third-order valence-corrected chi connectivity index (χ3v) is 14.3. The Bertz CT molecular complexity index is 2920. The highest BCUT2D eigenvalue weighted by molar-refractivity contribution is 5.90. The van der Waals surface area contributed by atoms with Crippen molar-refractivity contribution in [3.05, 3.63) is 101 Å². The average molecular weight is 1180 g/mol. The molecular formula is C53H61O30+. The van der Waals surface area contributed by atoms with Gasteiger partial charge in [0.05, 0.1) is 35.5 Å². The molecule has 0 radical (unpaired) electrons. The van der Waals surface area contributed by atoms with Crippen molar-refractivity contribution in [2.24, 2.45) is 0 Å². The van der Waals surface area contributed by atoms with Crippen LogP contribution in [-0.4, -0.2) is 246 Å². The second kappa shape index (κ2) is 25.1. The summed E-state index contributed by atoms with van der Waals surface area (Å²) in [6, 6.07) is 14.3. The number of hydrogen-bond donors (Lipinski definition) is 17. The molecule has 83 heavy (non-hydrogen) atoms. The van der Waals surface area contributed by atoms with Gasteiger partial charge in [0, 0.05) is 12.1 Å². The summed E-state index contributed by atoms with van der Waals surface area (Å²) in [6.45, 7) is -0.575.